The summed E-state index contributed by atoms with van der Waals surface area (Å²) in [5, 5.41) is 0. The van der Waals surface area contributed by atoms with Crippen LogP contribution in [0.25, 0.3) is 0 Å². The summed E-state index contributed by atoms with van der Waals surface area (Å²) in [6.45, 7) is 7.24. The van der Waals surface area contributed by atoms with Crippen LogP contribution in [0.2, 0.25) is 0 Å². The van der Waals surface area contributed by atoms with Gasteiger partial charge in [-0.25, -0.2) is 0 Å². The van der Waals surface area contributed by atoms with Crippen LogP contribution in [-0.4, -0.2) is 38.4 Å². The lowest BCUT2D eigenvalue weighted by Crippen LogP contribution is -2.45. The van der Waals surface area contributed by atoms with Gasteiger partial charge in [0.1, 0.15) is 5.60 Å². The first-order chi connectivity index (χ1) is 11.7. The van der Waals surface area contributed by atoms with E-state index in [1.807, 2.05) is 0 Å². The average Bonchev–Trinajstić information content (AvgIpc) is 2.91. The molecule has 0 fully saturated rings. The zero-order valence-corrected chi connectivity index (χ0v) is 15.7. The Morgan fingerprint density at radius 2 is 1.48 bits per heavy atom. The third kappa shape index (κ3) is 3.72. The monoisotopic (exact) mass is 350 g/mol. The van der Waals surface area contributed by atoms with Gasteiger partial charge in [0.15, 0.2) is 16.9 Å². The number of carbonyl (C=O) groups excluding carboxylic acids is 2. The summed E-state index contributed by atoms with van der Waals surface area (Å²) in [5.74, 6) is 0.00108. The number of carbonyl (C=O) groups is 2. The smallest absolute Gasteiger partial charge is 0.324 e. The second kappa shape index (κ2) is 6.94. The summed E-state index contributed by atoms with van der Waals surface area (Å²) >= 11 is 0. The Balaban J connectivity index is 2.45. The van der Waals surface area contributed by atoms with Crippen LogP contribution in [0.1, 0.15) is 38.8 Å². The SMILES string of the molecule is CCOC(=O)C1(C(=O)OC(C)(C)C)Cc2cc(OC)c(OC)cc2C1. The van der Waals surface area contributed by atoms with E-state index in [9.17, 15) is 9.59 Å². The fraction of sp³-hybridized carbons (Fsp3) is 0.579. The van der Waals surface area contributed by atoms with Gasteiger partial charge in [0.05, 0.1) is 20.8 Å². The maximum atomic E-state index is 12.9. The molecule has 0 heterocycles. The van der Waals surface area contributed by atoms with Gasteiger partial charge in [0, 0.05) is 0 Å². The highest BCUT2D eigenvalue weighted by Crippen LogP contribution is 2.44. The zero-order chi connectivity index (χ0) is 18.8. The highest BCUT2D eigenvalue weighted by molar-refractivity contribution is 6.01. The summed E-state index contributed by atoms with van der Waals surface area (Å²) in [5.41, 5.74) is -0.350. The third-order valence-corrected chi connectivity index (χ3v) is 4.15. The van der Waals surface area contributed by atoms with E-state index in [1.165, 1.54) is 0 Å². The molecule has 1 aliphatic carbocycles. The van der Waals surface area contributed by atoms with Crippen molar-refractivity contribution in [1.82, 2.24) is 0 Å². The van der Waals surface area contributed by atoms with Gasteiger partial charge in [-0.1, -0.05) is 0 Å². The lowest BCUT2D eigenvalue weighted by molar-refractivity contribution is -0.178. The number of methoxy groups -OCH3 is 2. The van der Waals surface area contributed by atoms with E-state index in [0.29, 0.717) is 11.5 Å². The second-order valence-electron chi connectivity index (χ2n) is 7.13. The summed E-state index contributed by atoms with van der Waals surface area (Å²) < 4.78 is 21.4. The van der Waals surface area contributed by atoms with Gasteiger partial charge >= 0.3 is 11.9 Å². The predicted octanol–water partition coefficient (Wildman–Crippen LogP) is 2.69. The molecule has 0 aliphatic heterocycles. The number of hydrogen-bond donors (Lipinski definition) is 0. The fourth-order valence-electron chi connectivity index (χ4n) is 3.02. The van der Waals surface area contributed by atoms with Crippen LogP contribution in [0, 0.1) is 5.41 Å². The van der Waals surface area contributed by atoms with E-state index in [2.05, 4.69) is 0 Å². The van der Waals surface area contributed by atoms with Crippen LogP contribution < -0.4 is 9.47 Å². The largest absolute Gasteiger partial charge is 0.493 e. The lowest BCUT2D eigenvalue weighted by Gasteiger charge is -2.29. The highest BCUT2D eigenvalue weighted by atomic mass is 16.6. The quantitative estimate of drug-likeness (QED) is 0.601. The van der Waals surface area contributed by atoms with Crippen LogP contribution in [-0.2, 0) is 31.9 Å². The van der Waals surface area contributed by atoms with Crippen LogP contribution in [0.4, 0.5) is 0 Å². The van der Waals surface area contributed by atoms with Crippen molar-refractivity contribution in [2.45, 2.75) is 46.1 Å². The first-order valence-corrected chi connectivity index (χ1v) is 8.31. The van der Waals surface area contributed by atoms with Gasteiger partial charge in [-0.05, 0) is 63.8 Å². The van der Waals surface area contributed by atoms with Crippen molar-refractivity contribution in [3.05, 3.63) is 23.3 Å². The van der Waals surface area contributed by atoms with Crippen molar-refractivity contribution >= 4 is 11.9 Å². The minimum absolute atomic E-state index is 0.201. The van der Waals surface area contributed by atoms with Gasteiger partial charge in [-0.15, -0.1) is 0 Å². The van der Waals surface area contributed by atoms with Gasteiger partial charge in [0.25, 0.3) is 0 Å². The topological polar surface area (TPSA) is 71.1 Å². The molecule has 0 spiro atoms. The van der Waals surface area contributed by atoms with Gasteiger partial charge in [-0.3, -0.25) is 9.59 Å². The minimum Gasteiger partial charge on any atom is -0.493 e. The molecule has 1 aliphatic rings. The van der Waals surface area contributed by atoms with Crippen molar-refractivity contribution in [3.8, 4) is 11.5 Å². The molecule has 1 aromatic carbocycles. The molecule has 138 valence electrons. The number of fused-ring (bicyclic) bond motifs is 1. The molecule has 0 N–H and O–H groups in total. The van der Waals surface area contributed by atoms with E-state index >= 15 is 0 Å². The standard InChI is InChI=1S/C19H26O6/c1-7-24-16(20)19(17(21)25-18(2,3)4)10-12-8-14(22-5)15(23-6)9-13(12)11-19/h8-9H,7,10-11H2,1-6H3. The maximum Gasteiger partial charge on any atom is 0.324 e. The molecule has 0 amide bonds. The van der Waals surface area contributed by atoms with Crippen molar-refractivity contribution in [2.75, 3.05) is 20.8 Å². The Bertz CT molecular complexity index is 638. The van der Waals surface area contributed by atoms with E-state index in [0.717, 1.165) is 11.1 Å². The van der Waals surface area contributed by atoms with E-state index in [-0.39, 0.29) is 19.4 Å². The molecule has 25 heavy (non-hydrogen) atoms. The summed E-state index contributed by atoms with van der Waals surface area (Å²) in [7, 11) is 3.09. The molecule has 0 bridgehead atoms. The average molecular weight is 350 g/mol. The van der Waals surface area contributed by atoms with E-state index in [4.69, 9.17) is 18.9 Å². The fourth-order valence-corrected chi connectivity index (χ4v) is 3.02. The Hall–Kier alpha value is -2.24. The number of rotatable bonds is 5. The molecule has 6 nitrogen and oxygen atoms in total. The number of hydrogen-bond acceptors (Lipinski definition) is 6. The van der Waals surface area contributed by atoms with Crippen LogP contribution in [0.5, 0.6) is 11.5 Å². The number of esters is 2. The molecule has 0 atom stereocenters. The summed E-state index contributed by atoms with van der Waals surface area (Å²) in [6.07, 6.45) is 0.437. The molecule has 0 saturated carbocycles. The Morgan fingerprint density at radius 3 is 1.84 bits per heavy atom. The normalized spacial score (nSPS) is 15.3. The van der Waals surface area contributed by atoms with Gasteiger partial charge in [-0.2, -0.15) is 0 Å². The van der Waals surface area contributed by atoms with Crippen molar-refractivity contribution in [2.24, 2.45) is 5.41 Å². The number of ether oxygens (including phenoxy) is 4. The van der Waals surface area contributed by atoms with E-state index in [1.54, 1.807) is 54.0 Å². The van der Waals surface area contributed by atoms with Crippen LogP contribution >= 0.6 is 0 Å². The molecular weight excluding hydrogens is 324 g/mol. The van der Waals surface area contributed by atoms with E-state index < -0.39 is 23.0 Å². The maximum absolute atomic E-state index is 12.9. The molecule has 0 radical (unpaired) electrons. The molecule has 0 aromatic heterocycles. The summed E-state index contributed by atoms with van der Waals surface area (Å²) in [6, 6.07) is 3.61. The molecule has 1 aromatic rings. The molecule has 6 heteroatoms. The molecule has 0 unspecified atom stereocenters. The predicted molar refractivity (Wildman–Crippen MR) is 91.9 cm³/mol. The second-order valence-corrected chi connectivity index (χ2v) is 7.13. The third-order valence-electron chi connectivity index (χ3n) is 4.15. The van der Waals surface area contributed by atoms with Gasteiger partial charge in [0.2, 0.25) is 0 Å². The highest BCUT2D eigenvalue weighted by Gasteiger charge is 2.54. The Morgan fingerprint density at radius 1 is 1.00 bits per heavy atom. The van der Waals surface area contributed by atoms with Crippen LogP contribution in [0.15, 0.2) is 12.1 Å². The lowest BCUT2D eigenvalue weighted by atomic mass is 9.84. The van der Waals surface area contributed by atoms with Crippen molar-refractivity contribution in [1.29, 1.82) is 0 Å². The first-order valence-electron chi connectivity index (χ1n) is 8.31. The Labute approximate surface area is 148 Å². The van der Waals surface area contributed by atoms with Gasteiger partial charge < -0.3 is 18.9 Å². The van der Waals surface area contributed by atoms with Crippen molar-refractivity contribution < 1.29 is 28.5 Å². The molecule has 0 saturated heterocycles. The number of benzene rings is 1. The molecular formula is C19H26O6. The first kappa shape index (κ1) is 19.1. The Kier molecular flexibility index (Phi) is 5.30. The minimum atomic E-state index is -1.37. The molecule has 2 rings (SSSR count). The summed E-state index contributed by atoms with van der Waals surface area (Å²) in [4.78, 5) is 25.6. The van der Waals surface area contributed by atoms with Crippen molar-refractivity contribution in [3.63, 3.8) is 0 Å². The zero-order valence-electron chi connectivity index (χ0n) is 15.7. The van der Waals surface area contributed by atoms with Crippen LogP contribution in [0.3, 0.4) is 0 Å².